The first kappa shape index (κ1) is 17.2. The Morgan fingerprint density at radius 3 is 2.72 bits per heavy atom. The number of carbonyl (C=O) groups excluding carboxylic acids is 1. The van der Waals surface area contributed by atoms with E-state index in [9.17, 15) is 18.0 Å². The fraction of sp³-hybridized carbons (Fsp3) is 0.0588. The number of alkyl halides is 3. The van der Waals surface area contributed by atoms with Gasteiger partial charge in [0, 0.05) is 9.86 Å². The van der Waals surface area contributed by atoms with Crippen molar-refractivity contribution >= 4 is 39.0 Å². The van der Waals surface area contributed by atoms with Gasteiger partial charge in [0.05, 0.1) is 11.8 Å². The zero-order valence-electron chi connectivity index (χ0n) is 12.5. The summed E-state index contributed by atoms with van der Waals surface area (Å²) in [6.45, 7) is 0. The van der Waals surface area contributed by atoms with Crippen molar-refractivity contribution in [1.29, 1.82) is 0 Å². The average Bonchev–Trinajstić information content (AvgIpc) is 2.97. The standard InChI is InChI=1S/C17H10BrF3N2O2/c18-13-4-5-14-11(7-13)8-15(25-14)16(24)23-22-9-10-2-1-3-12(6-10)17(19,20)21/h1-9H,(H,23,24)/b22-9-. The smallest absolute Gasteiger partial charge is 0.416 e. The topological polar surface area (TPSA) is 54.6 Å². The van der Waals surface area contributed by atoms with Crippen LogP contribution in [0.1, 0.15) is 21.7 Å². The third kappa shape index (κ3) is 4.08. The molecular weight excluding hydrogens is 401 g/mol. The number of hydrazone groups is 1. The maximum Gasteiger partial charge on any atom is 0.416 e. The van der Waals surface area contributed by atoms with Crippen LogP contribution in [0.2, 0.25) is 0 Å². The Balaban J connectivity index is 1.72. The number of nitrogens with one attached hydrogen (secondary N) is 1. The largest absolute Gasteiger partial charge is 0.451 e. The minimum absolute atomic E-state index is 0.0503. The molecule has 8 heteroatoms. The molecule has 3 rings (SSSR count). The third-order valence-electron chi connectivity index (χ3n) is 3.30. The lowest BCUT2D eigenvalue weighted by Crippen LogP contribution is -2.16. The number of hydrogen-bond donors (Lipinski definition) is 1. The molecule has 0 aliphatic rings. The molecule has 0 radical (unpaired) electrons. The average molecular weight is 411 g/mol. The molecular formula is C17H10BrF3N2O2. The Morgan fingerprint density at radius 1 is 1.16 bits per heavy atom. The molecule has 0 atom stereocenters. The molecule has 0 unspecified atom stereocenters. The van der Waals surface area contributed by atoms with Crippen molar-refractivity contribution in [2.45, 2.75) is 6.18 Å². The molecule has 0 aliphatic heterocycles. The normalized spacial score (nSPS) is 12.0. The van der Waals surface area contributed by atoms with Crippen LogP contribution >= 0.6 is 15.9 Å². The molecule has 0 saturated heterocycles. The first-order valence-electron chi connectivity index (χ1n) is 7.03. The summed E-state index contributed by atoms with van der Waals surface area (Å²) in [5.41, 5.74) is 2.19. The first-order chi connectivity index (χ1) is 11.8. The van der Waals surface area contributed by atoms with Gasteiger partial charge in [0.25, 0.3) is 0 Å². The van der Waals surface area contributed by atoms with Crippen molar-refractivity contribution in [3.8, 4) is 0 Å². The van der Waals surface area contributed by atoms with Crippen LogP contribution in [0.15, 0.2) is 62.5 Å². The summed E-state index contributed by atoms with van der Waals surface area (Å²) >= 11 is 3.32. The summed E-state index contributed by atoms with van der Waals surface area (Å²) in [4.78, 5) is 12.0. The molecule has 25 heavy (non-hydrogen) atoms. The van der Waals surface area contributed by atoms with Crippen molar-refractivity contribution < 1.29 is 22.4 Å². The van der Waals surface area contributed by atoms with E-state index in [1.165, 1.54) is 12.1 Å². The fourth-order valence-electron chi connectivity index (χ4n) is 2.14. The number of rotatable bonds is 3. The number of amides is 1. The molecule has 1 heterocycles. The number of halogens is 4. The first-order valence-corrected chi connectivity index (χ1v) is 7.82. The second-order valence-electron chi connectivity index (χ2n) is 5.12. The van der Waals surface area contributed by atoms with Crippen LogP contribution in [0, 0.1) is 0 Å². The van der Waals surface area contributed by atoms with Gasteiger partial charge < -0.3 is 4.42 Å². The summed E-state index contributed by atoms with van der Waals surface area (Å²) < 4.78 is 44.2. The third-order valence-corrected chi connectivity index (χ3v) is 3.79. The van der Waals surface area contributed by atoms with Gasteiger partial charge in [-0.25, -0.2) is 5.43 Å². The number of fused-ring (bicyclic) bond motifs is 1. The molecule has 1 N–H and O–H groups in total. The Labute approximate surface area is 148 Å². The minimum Gasteiger partial charge on any atom is -0.451 e. The van der Waals surface area contributed by atoms with Crippen LogP contribution < -0.4 is 5.43 Å². The molecule has 1 amide bonds. The van der Waals surface area contributed by atoms with Crippen molar-refractivity contribution in [3.63, 3.8) is 0 Å². The molecule has 4 nitrogen and oxygen atoms in total. The summed E-state index contributed by atoms with van der Waals surface area (Å²) in [7, 11) is 0. The zero-order chi connectivity index (χ0) is 18.0. The summed E-state index contributed by atoms with van der Waals surface area (Å²) in [5.74, 6) is -0.551. The van der Waals surface area contributed by atoms with Gasteiger partial charge in [0.1, 0.15) is 5.58 Å². The number of furan rings is 1. The Hall–Kier alpha value is -2.61. The van der Waals surface area contributed by atoms with E-state index in [0.29, 0.717) is 5.58 Å². The molecule has 0 fully saturated rings. The summed E-state index contributed by atoms with van der Waals surface area (Å²) in [6.07, 6.45) is -3.30. The van der Waals surface area contributed by atoms with Crippen molar-refractivity contribution in [3.05, 3.63) is 69.9 Å². The fourth-order valence-corrected chi connectivity index (χ4v) is 2.52. The van der Waals surface area contributed by atoms with Gasteiger partial charge in [0.15, 0.2) is 5.76 Å². The maximum absolute atomic E-state index is 12.6. The van der Waals surface area contributed by atoms with Gasteiger partial charge >= 0.3 is 12.1 Å². The molecule has 128 valence electrons. The van der Waals surface area contributed by atoms with Crippen molar-refractivity contribution in [2.75, 3.05) is 0 Å². The Bertz CT molecular complexity index is 964. The monoisotopic (exact) mass is 410 g/mol. The van der Waals surface area contributed by atoms with Crippen LogP contribution in [0.3, 0.4) is 0 Å². The zero-order valence-corrected chi connectivity index (χ0v) is 14.1. The lowest BCUT2D eigenvalue weighted by molar-refractivity contribution is -0.137. The maximum atomic E-state index is 12.6. The Kier molecular flexibility index (Phi) is 4.63. The van der Waals surface area contributed by atoms with Crippen molar-refractivity contribution in [1.82, 2.24) is 5.43 Å². The molecule has 2 aromatic carbocycles. The van der Waals surface area contributed by atoms with Crippen LogP contribution in [0.4, 0.5) is 13.2 Å². The van der Waals surface area contributed by atoms with Crippen LogP contribution in [-0.4, -0.2) is 12.1 Å². The van der Waals surface area contributed by atoms with Gasteiger partial charge in [-0.15, -0.1) is 0 Å². The predicted octanol–water partition coefficient (Wildman–Crippen LogP) is 4.98. The van der Waals surface area contributed by atoms with Gasteiger partial charge in [-0.3, -0.25) is 4.79 Å². The molecule has 3 aromatic rings. The second kappa shape index (κ2) is 6.72. The van der Waals surface area contributed by atoms with Crippen molar-refractivity contribution in [2.24, 2.45) is 5.10 Å². The van der Waals surface area contributed by atoms with Crippen LogP contribution in [0.25, 0.3) is 11.0 Å². The highest BCUT2D eigenvalue weighted by Gasteiger charge is 2.30. The van der Waals surface area contributed by atoms with E-state index >= 15 is 0 Å². The number of carbonyl (C=O) groups is 1. The molecule has 0 spiro atoms. The molecule has 0 bridgehead atoms. The number of benzene rings is 2. The van der Waals surface area contributed by atoms with E-state index in [4.69, 9.17) is 4.42 Å². The molecule has 0 saturated carbocycles. The van der Waals surface area contributed by atoms with E-state index in [0.717, 1.165) is 28.2 Å². The SMILES string of the molecule is O=C(N/N=C\c1cccc(C(F)(F)F)c1)c1cc2cc(Br)ccc2o1. The summed E-state index contributed by atoms with van der Waals surface area (Å²) in [6, 6.07) is 11.4. The van der Waals surface area contributed by atoms with Crippen LogP contribution in [-0.2, 0) is 6.18 Å². The number of hydrogen-bond acceptors (Lipinski definition) is 3. The highest BCUT2D eigenvalue weighted by atomic mass is 79.9. The van der Waals surface area contributed by atoms with E-state index in [1.807, 2.05) is 0 Å². The van der Waals surface area contributed by atoms with Crippen LogP contribution in [0.5, 0.6) is 0 Å². The second-order valence-corrected chi connectivity index (χ2v) is 6.03. The van der Waals surface area contributed by atoms with Gasteiger partial charge in [-0.2, -0.15) is 18.3 Å². The van der Waals surface area contributed by atoms with E-state index in [-0.39, 0.29) is 11.3 Å². The van der Waals surface area contributed by atoms with E-state index in [1.54, 1.807) is 24.3 Å². The highest BCUT2D eigenvalue weighted by Crippen LogP contribution is 2.29. The molecule has 1 aromatic heterocycles. The molecule has 0 aliphatic carbocycles. The van der Waals surface area contributed by atoms with Gasteiger partial charge in [-0.05, 0) is 42.0 Å². The highest BCUT2D eigenvalue weighted by molar-refractivity contribution is 9.10. The minimum atomic E-state index is -4.43. The van der Waals surface area contributed by atoms with E-state index in [2.05, 4.69) is 26.5 Å². The summed E-state index contributed by atoms with van der Waals surface area (Å²) in [5, 5.41) is 4.41. The number of nitrogens with zero attached hydrogens (tertiary/aromatic N) is 1. The quantitative estimate of drug-likeness (QED) is 0.489. The lowest BCUT2D eigenvalue weighted by atomic mass is 10.1. The lowest BCUT2D eigenvalue weighted by Gasteiger charge is -2.06. The van der Waals surface area contributed by atoms with Gasteiger partial charge in [-0.1, -0.05) is 28.1 Å². The van der Waals surface area contributed by atoms with Gasteiger partial charge in [0.2, 0.25) is 0 Å². The van der Waals surface area contributed by atoms with E-state index < -0.39 is 17.6 Å². The Morgan fingerprint density at radius 2 is 1.96 bits per heavy atom. The predicted molar refractivity (Wildman–Crippen MR) is 90.4 cm³/mol.